The standard InChI is InChI=1S/C62H85N7O16S.CO2/c1-9-36(4)44(60(80)67(7)46(35(2)3)30-52(84-38(6)70)59-66-45(34-86-59)57(78)65-42(25-37(5)61(81)82)27-39-15-11-10-12-16-39)29-49(72)48-17-13-14-24-69(48,8)32-40-18-19-51(85-62-56(77)55(76)50(73)33-83-62)41(26-40)28-43(71)22-23-64-58(79)47(31-63)68-53(74)20-21-54(68)75;2-1-3/h10-12,15-16,18-21,26,34-37,42,44,46-48,50,52,55-56,62,73,76-77H,9,13-14,17,22-25,27-33,63H2,1-8H3,(H2-,64,65,78,79,81,82);/p+1/t36-,37-,42+,44-,46-,47-,48+,50?,52-,55-,56-,62?,69?;/m0./s1. The predicted molar refractivity (Wildman–Crippen MR) is 320 cm³/mol. The van der Waals surface area contributed by atoms with Crippen molar-refractivity contribution in [3.8, 4) is 5.75 Å². The summed E-state index contributed by atoms with van der Waals surface area (Å²) in [5.74, 6) is -6.55. The summed E-state index contributed by atoms with van der Waals surface area (Å²) in [6.45, 7) is 10.8. The number of imide groups is 1. The number of ketones is 2. The monoisotopic (exact) mass is 1260 g/mol. The molecule has 26 heteroatoms. The number of likely N-dealkylation sites (N-methyl/N-ethyl adjacent to an activating group) is 1. The van der Waals surface area contributed by atoms with Crippen LogP contribution in [0.2, 0.25) is 0 Å². The lowest BCUT2D eigenvalue weighted by Gasteiger charge is -2.45. The number of aliphatic hydroxyl groups excluding tert-OH is 3. The summed E-state index contributed by atoms with van der Waals surface area (Å²) in [5, 5.41) is 48.5. The van der Waals surface area contributed by atoms with Crippen LogP contribution < -0.4 is 21.1 Å². The number of rotatable bonds is 31. The number of benzene rings is 2. The van der Waals surface area contributed by atoms with Gasteiger partial charge < -0.3 is 60.4 Å². The number of quaternary nitrogens is 1. The van der Waals surface area contributed by atoms with Crippen LogP contribution in [0.4, 0.5) is 0 Å². The van der Waals surface area contributed by atoms with Crippen molar-refractivity contribution in [2.45, 2.75) is 167 Å². The highest BCUT2D eigenvalue weighted by Gasteiger charge is 2.45. The Balaban J connectivity index is 0.00000471. The molecule has 0 bridgehead atoms. The number of esters is 1. The SMILES string of the molecule is CC[C@H](C)[C@H](CC(=O)[C@H]1CCCC[N+]1(C)Cc1ccc(OC2OCC(O)[C@H](O)[C@@H]2O)c(CC(=O)CCNC(=O)[C@H](CN)N2C(=O)C=CC2=O)c1)C(=O)N(C)[C@@H](C[C@H](OC(C)=O)c1nc(C(=O)N[C@@H](Cc2ccccc2)C[C@H](C)C(=O)O)cs1)C(C)C.O=C=O. The van der Waals surface area contributed by atoms with Crippen LogP contribution >= 0.6 is 11.3 Å². The number of aliphatic carboxylic acids is 1. The summed E-state index contributed by atoms with van der Waals surface area (Å²) in [5.41, 5.74) is 7.86. The number of aromatic nitrogens is 1. The molecule has 4 heterocycles. The fourth-order valence-electron chi connectivity index (χ4n) is 11.7. The lowest BCUT2D eigenvalue weighted by Crippen LogP contribution is -2.58. The molecular weight excluding hydrogens is 1170 g/mol. The third-order valence-electron chi connectivity index (χ3n) is 16.9. The highest BCUT2D eigenvalue weighted by atomic mass is 32.1. The topological polar surface area (TPSA) is 366 Å². The summed E-state index contributed by atoms with van der Waals surface area (Å²) in [7, 11) is 3.69. The van der Waals surface area contributed by atoms with Gasteiger partial charge >= 0.3 is 18.1 Å². The van der Waals surface area contributed by atoms with E-state index in [0.717, 1.165) is 52.4 Å². The maximum absolute atomic E-state index is 15.0. The summed E-state index contributed by atoms with van der Waals surface area (Å²) >= 11 is 1.13. The van der Waals surface area contributed by atoms with Crippen LogP contribution in [0.5, 0.6) is 5.75 Å². The molecule has 25 nitrogen and oxygen atoms in total. The molecule has 0 radical (unpaired) electrons. The van der Waals surface area contributed by atoms with Crippen molar-refractivity contribution in [3.05, 3.63) is 93.5 Å². The lowest BCUT2D eigenvalue weighted by atomic mass is 9.82. The molecule has 3 aliphatic rings. The molecule has 0 aliphatic carbocycles. The number of thiazole rings is 1. The van der Waals surface area contributed by atoms with Crippen LogP contribution in [-0.4, -0.2) is 188 Å². The van der Waals surface area contributed by atoms with Crippen molar-refractivity contribution in [2.24, 2.45) is 29.4 Å². The quantitative estimate of drug-likeness (QED) is 0.0276. The summed E-state index contributed by atoms with van der Waals surface area (Å²) in [6, 6.07) is 11.7. The second-order valence-corrected chi connectivity index (χ2v) is 24.7. The molecule has 3 aromatic rings. The van der Waals surface area contributed by atoms with E-state index in [0.29, 0.717) is 42.9 Å². The Hall–Kier alpha value is -7.42. The largest absolute Gasteiger partial charge is 0.481 e. The van der Waals surface area contributed by atoms with Crippen LogP contribution in [0, 0.1) is 23.7 Å². The van der Waals surface area contributed by atoms with Gasteiger partial charge in [0.1, 0.15) is 59.2 Å². The molecule has 2 saturated heterocycles. The summed E-state index contributed by atoms with van der Waals surface area (Å²) in [4.78, 5) is 143. The molecule has 3 unspecified atom stereocenters. The highest BCUT2D eigenvalue weighted by molar-refractivity contribution is 7.09. The predicted octanol–water partition coefficient (Wildman–Crippen LogP) is 3.00. The molecule has 5 amide bonds. The number of carbonyl (C=O) groups excluding carboxylic acids is 10. The molecule has 486 valence electrons. The molecule has 8 N–H and O–H groups in total. The maximum atomic E-state index is 15.0. The van der Waals surface area contributed by atoms with E-state index in [1.54, 1.807) is 42.5 Å². The normalized spacial score (nSPS) is 22.2. The molecule has 2 fully saturated rings. The van der Waals surface area contributed by atoms with Gasteiger partial charge in [0.05, 0.1) is 26.1 Å². The number of nitrogens with one attached hydrogen (secondary N) is 2. The average molecular weight is 1260 g/mol. The first kappa shape index (κ1) is 72.3. The molecule has 6 rings (SSSR count). The van der Waals surface area contributed by atoms with Gasteiger partial charge in [-0.3, -0.25) is 48.1 Å². The fraction of sp³-hybridized carbons (Fsp3) is 0.571. The smallest absolute Gasteiger partial charge is 0.373 e. The van der Waals surface area contributed by atoms with Gasteiger partial charge in [-0.25, -0.2) is 4.98 Å². The average Bonchev–Trinajstić information content (AvgIpc) is 3.06. The Morgan fingerprint density at radius 2 is 1.63 bits per heavy atom. The van der Waals surface area contributed by atoms with E-state index in [9.17, 15) is 54.0 Å². The van der Waals surface area contributed by atoms with E-state index in [4.69, 9.17) is 29.5 Å². The zero-order chi connectivity index (χ0) is 65.9. The minimum Gasteiger partial charge on any atom is -0.481 e. The fourth-order valence-corrected chi connectivity index (χ4v) is 12.5. The van der Waals surface area contributed by atoms with Gasteiger partial charge in [-0.15, -0.1) is 11.3 Å². The van der Waals surface area contributed by atoms with Gasteiger partial charge in [0, 0.05) is 106 Å². The van der Waals surface area contributed by atoms with E-state index in [1.165, 1.54) is 6.92 Å². The van der Waals surface area contributed by atoms with Crippen molar-refractivity contribution >= 4 is 70.5 Å². The number of hydrogen-bond donors (Lipinski definition) is 7. The van der Waals surface area contributed by atoms with E-state index < -0.39 is 102 Å². The Kier molecular flexibility index (Phi) is 27.6. The zero-order valence-electron chi connectivity index (χ0n) is 51.7. The third kappa shape index (κ3) is 20.0. The van der Waals surface area contributed by atoms with Gasteiger partial charge in [0.15, 0.2) is 11.9 Å². The number of ether oxygens (including phenoxy) is 3. The van der Waals surface area contributed by atoms with Gasteiger partial charge in [-0.2, -0.15) is 9.59 Å². The second-order valence-electron chi connectivity index (χ2n) is 23.8. The van der Waals surface area contributed by atoms with E-state index in [2.05, 4.69) is 15.6 Å². The third-order valence-corrected chi connectivity index (χ3v) is 17.8. The molecule has 1 aromatic heterocycles. The molecule has 89 heavy (non-hydrogen) atoms. The number of carboxylic acids is 1. The van der Waals surface area contributed by atoms with Crippen LogP contribution in [0.15, 0.2) is 66.1 Å². The van der Waals surface area contributed by atoms with E-state index in [-0.39, 0.29) is 103 Å². The van der Waals surface area contributed by atoms with Crippen LogP contribution in [0.3, 0.4) is 0 Å². The summed E-state index contributed by atoms with van der Waals surface area (Å²) in [6.07, 6.45) is -1.63. The van der Waals surface area contributed by atoms with Crippen molar-refractivity contribution in [1.29, 1.82) is 0 Å². The van der Waals surface area contributed by atoms with Crippen LogP contribution in [0.1, 0.15) is 131 Å². The molecule has 0 spiro atoms. The zero-order valence-corrected chi connectivity index (χ0v) is 52.6. The molecule has 3 aliphatic heterocycles. The van der Waals surface area contributed by atoms with Crippen LogP contribution in [0.25, 0.3) is 0 Å². The van der Waals surface area contributed by atoms with Crippen molar-refractivity contribution in [3.63, 3.8) is 0 Å². The molecule has 0 saturated carbocycles. The second kappa shape index (κ2) is 34.0. The first-order valence-electron chi connectivity index (χ1n) is 30.0. The first-order valence-corrected chi connectivity index (χ1v) is 30.9. The Morgan fingerprint density at radius 1 is 0.955 bits per heavy atom. The Labute approximate surface area is 521 Å². The number of carboxylic acid groups (broad SMARTS) is 1. The van der Waals surface area contributed by atoms with Gasteiger partial charge in [0.2, 0.25) is 18.1 Å². The number of nitrogens with zero attached hydrogens (tertiary/aromatic N) is 4. The number of likely N-dealkylation sites (tertiary alicyclic amines) is 1. The number of nitrogens with two attached hydrogens (primary N) is 1. The molecule has 2 aromatic carbocycles. The Bertz CT molecular complexity index is 3010. The van der Waals surface area contributed by atoms with E-state index in [1.807, 2.05) is 65.1 Å². The van der Waals surface area contributed by atoms with Crippen molar-refractivity contribution < 1.29 is 91.9 Å². The van der Waals surface area contributed by atoms with E-state index >= 15 is 9.59 Å². The highest BCUT2D eigenvalue weighted by Crippen LogP contribution is 2.36. The number of Topliss-reactive ketones (excluding diaryl/α,β-unsaturated/α-hetero) is 2. The number of hydrogen-bond acceptors (Lipinski definition) is 20. The minimum atomic E-state index is -1.64. The van der Waals surface area contributed by atoms with Crippen molar-refractivity contribution in [2.75, 3.05) is 40.3 Å². The summed E-state index contributed by atoms with van der Waals surface area (Å²) < 4.78 is 17.8. The first-order chi connectivity index (χ1) is 42.2. The minimum absolute atomic E-state index is 0.0444. The maximum Gasteiger partial charge on any atom is 0.373 e. The van der Waals surface area contributed by atoms with Gasteiger partial charge in [-0.1, -0.05) is 71.4 Å². The van der Waals surface area contributed by atoms with Crippen LogP contribution in [-0.2, 0) is 76.8 Å². The van der Waals surface area contributed by atoms with Gasteiger partial charge in [-0.05, 0) is 61.3 Å². The number of carbonyl (C=O) groups is 9. The number of aliphatic hydroxyl groups is 3. The molecule has 13 atom stereocenters. The lowest BCUT2D eigenvalue weighted by molar-refractivity contribution is -0.941. The van der Waals surface area contributed by atoms with Crippen molar-refractivity contribution in [1.82, 2.24) is 25.4 Å². The van der Waals surface area contributed by atoms with Gasteiger partial charge in [0.25, 0.3) is 17.7 Å². The number of amides is 5. The molecular formula is C63H86N7O18S+. The number of piperidine rings is 1. The Morgan fingerprint density at radius 3 is 2.25 bits per heavy atom.